The molecule has 1 saturated heterocycles. The maximum Gasteiger partial charge on any atom is 0.345 e. The van der Waals surface area contributed by atoms with Gasteiger partial charge in [-0.05, 0) is 25.8 Å². The minimum Gasteiger partial charge on any atom is -0.380 e. The van der Waals surface area contributed by atoms with Crippen LogP contribution in [0.5, 0.6) is 0 Å². The van der Waals surface area contributed by atoms with Gasteiger partial charge in [-0.2, -0.15) is 0 Å². The van der Waals surface area contributed by atoms with Gasteiger partial charge in [0.05, 0.1) is 12.2 Å². The van der Waals surface area contributed by atoms with Crippen LogP contribution < -0.4 is 5.69 Å². The highest BCUT2D eigenvalue weighted by Crippen LogP contribution is 2.26. The number of rotatable bonds is 4. The van der Waals surface area contributed by atoms with E-state index >= 15 is 0 Å². The number of aromatic nitrogens is 3. The van der Waals surface area contributed by atoms with Crippen molar-refractivity contribution in [1.29, 1.82) is 0 Å². The predicted octanol–water partition coefficient (Wildman–Crippen LogP) is 1.23. The Morgan fingerprint density at radius 3 is 3.12 bits per heavy atom. The largest absolute Gasteiger partial charge is 0.380 e. The molecule has 1 aliphatic rings. The van der Waals surface area contributed by atoms with Crippen LogP contribution in [0.1, 0.15) is 46.3 Å². The first-order valence-electron chi connectivity index (χ1n) is 7.88. The number of carbonyl (C=O) groups excluding carboxylic acids is 1. The molecule has 128 valence electrons. The van der Waals surface area contributed by atoms with Gasteiger partial charge in [0.25, 0.3) is 5.91 Å². The lowest BCUT2D eigenvalue weighted by atomic mass is 9.94. The summed E-state index contributed by atoms with van der Waals surface area (Å²) < 4.78 is 10.3. The molecule has 0 bridgehead atoms. The maximum atomic E-state index is 12.8. The second-order valence-corrected chi connectivity index (χ2v) is 5.92. The normalized spacial score (nSPS) is 17.9. The molecule has 0 spiro atoms. The number of H-pyrrole nitrogens is 1. The van der Waals surface area contributed by atoms with E-state index in [0.29, 0.717) is 30.1 Å². The van der Waals surface area contributed by atoms with Crippen molar-refractivity contribution >= 4 is 5.91 Å². The van der Waals surface area contributed by atoms with E-state index in [1.807, 2.05) is 0 Å². The summed E-state index contributed by atoms with van der Waals surface area (Å²) in [6, 6.07) is 1.79. The van der Waals surface area contributed by atoms with Crippen molar-refractivity contribution in [3.63, 3.8) is 0 Å². The summed E-state index contributed by atoms with van der Waals surface area (Å²) in [5.74, 6) is 0.504. The minimum absolute atomic E-state index is 0.0808. The van der Waals surface area contributed by atoms with Gasteiger partial charge in [0, 0.05) is 38.0 Å². The van der Waals surface area contributed by atoms with Gasteiger partial charge < -0.3 is 19.1 Å². The molecule has 3 heterocycles. The fourth-order valence-electron chi connectivity index (χ4n) is 3.06. The summed E-state index contributed by atoms with van der Waals surface area (Å²) in [6.45, 7) is 3.23. The van der Waals surface area contributed by atoms with E-state index in [2.05, 4.69) is 15.1 Å². The topological polar surface area (TPSA) is 101 Å². The number of aryl methyl sites for hydroxylation is 1. The van der Waals surface area contributed by atoms with Crippen molar-refractivity contribution in [1.82, 2.24) is 20.0 Å². The van der Waals surface area contributed by atoms with Gasteiger partial charge in [0.2, 0.25) is 0 Å². The number of piperidine rings is 1. The van der Waals surface area contributed by atoms with E-state index in [1.165, 1.54) is 6.20 Å². The zero-order chi connectivity index (χ0) is 17.1. The molecular weight excluding hydrogens is 312 g/mol. The standard InChI is InChI=1S/C16H20N4O4/c1-10-12(9-23-2)14(19-24-10)15(21)20-7-3-4-11(8-20)13-5-6-17-16(22)18-13/h5-6,11H,3-4,7-9H2,1-2H3,(H,17,18,22)/t11-/m0/s1. The number of ether oxygens (including phenoxy) is 1. The number of amides is 1. The predicted molar refractivity (Wildman–Crippen MR) is 84.7 cm³/mol. The highest BCUT2D eigenvalue weighted by Gasteiger charge is 2.30. The lowest BCUT2D eigenvalue weighted by Gasteiger charge is -2.32. The number of likely N-dealkylation sites (tertiary alicyclic amines) is 1. The molecule has 0 saturated carbocycles. The molecule has 1 amide bonds. The Morgan fingerprint density at radius 2 is 2.38 bits per heavy atom. The van der Waals surface area contributed by atoms with Crippen molar-refractivity contribution in [2.24, 2.45) is 0 Å². The third-order valence-corrected chi connectivity index (χ3v) is 4.32. The van der Waals surface area contributed by atoms with Gasteiger partial charge in [-0.1, -0.05) is 5.16 Å². The van der Waals surface area contributed by atoms with Crippen LogP contribution in [0.3, 0.4) is 0 Å². The Kier molecular flexibility index (Phi) is 4.75. The number of methoxy groups -OCH3 is 1. The Labute approximate surface area is 138 Å². The van der Waals surface area contributed by atoms with Gasteiger partial charge in [-0.3, -0.25) is 4.79 Å². The fourth-order valence-corrected chi connectivity index (χ4v) is 3.06. The monoisotopic (exact) mass is 332 g/mol. The second kappa shape index (κ2) is 6.96. The molecule has 1 aliphatic heterocycles. The number of carbonyl (C=O) groups is 1. The quantitative estimate of drug-likeness (QED) is 0.903. The SMILES string of the molecule is COCc1c(C(=O)N2CCC[C@H](c3ccnc(=O)[nH]3)C2)noc1C. The molecule has 8 nitrogen and oxygen atoms in total. The molecule has 8 heteroatoms. The van der Waals surface area contributed by atoms with Gasteiger partial charge in [0.15, 0.2) is 5.69 Å². The summed E-state index contributed by atoms with van der Waals surface area (Å²) in [6.07, 6.45) is 3.26. The average Bonchev–Trinajstić information content (AvgIpc) is 2.96. The fraction of sp³-hybridized carbons (Fsp3) is 0.500. The molecule has 2 aromatic rings. The van der Waals surface area contributed by atoms with Gasteiger partial charge in [0.1, 0.15) is 5.76 Å². The van der Waals surface area contributed by atoms with Crippen LogP contribution in [0.15, 0.2) is 21.6 Å². The van der Waals surface area contributed by atoms with Crippen LogP contribution in [0.4, 0.5) is 0 Å². The number of nitrogens with one attached hydrogen (secondary N) is 1. The van der Waals surface area contributed by atoms with Crippen molar-refractivity contribution in [2.45, 2.75) is 32.3 Å². The molecule has 0 radical (unpaired) electrons. The molecule has 0 aromatic carbocycles. The van der Waals surface area contributed by atoms with Crippen molar-refractivity contribution in [2.75, 3.05) is 20.2 Å². The first-order chi connectivity index (χ1) is 11.6. The first kappa shape index (κ1) is 16.4. The third-order valence-electron chi connectivity index (χ3n) is 4.32. The second-order valence-electron chi connectivity index (χ2n) is 5.92. The molecule has 3 rings (SSSR count). The van der Waals surface area contributed by atoms with Crippen LogP contribution in [0.2, 0.25) is 0 Å². The lowest BCUT2D eigenvalue weighted by Crippen LogP contribution is -2.40. The first-order valence-corrected chi connectivity index (χ1v) is 7.88. The number of aromatic amines is 1. The van der Waals surface area contributed by atoms with Gasteiger partial charge >= 0.3 is 5.69 Å². The van der Waals surface area contributed by atoms with Crippen molar-refractivity contribution in [3.8, 4) is 0 Å². The van der Waals surface area contributed by atoms with E-state index in [-0.39, 0.29) is 24.1 Å². The van der Waals surface area contributed by atoms with E-state index in [9.17, 15) is 9.59 Å². The Hall–Kier alpha value is -2.48. The van der Waals surface area contributed by atoms with Crippen LogP contribution in [-0.4, -0.2) is 46.1 Å². The molecule has 24 heavy (non-hydrogen) atoms. The Balaban J connectivity index is 1.79. The smallest absolute Gasteiger partial charge is 0.345 e. The Morgan fingerprint density at radius 1 is 1.54 bits per heavy atom. The maximum absolute atomic E-state index is 12.8. The van der Waals surface area contributed by atoms with Crippen molar-refractivity contribution in [3.05, 3.63) is 45.5 Å². The van der Waals surface area contributed by atoms with E-state index in [1.54, 1.807) is 25.0 Å². The van der Waals surface area contributed by atoms with Gasteiger partial charge in [-0.25, -0.2) is 9.78 Å². The summed E-state index contributed by atoms with van der Waals surface area (Å²) >= 11 is 0. The van der Waals surface area contributed by atoms with Crippen LogP contribution >= 0.6 is 0 Å². The van der Waals surface area contributed by atoms with Crippen LogP contribution in [0.25, 0.3) is 0 Å². The number of hydrogen-bond acceptors (Lipinski definition) is 6. The summed E-state index contributed by atoms with van der Waals surface area (Å²) in [4.78, 5) is 32.4. The lowest BCUT2D eigenvalue weighted by molar-refractivity contribution is 0.0691. The summed E-state index contributed by atoms with van der Waals surface area (Å²) in [5, 5.41) is 3.91. The van der Waals surface area contributed by atoms with Gasteiger partial charge in [-0.15, -0.1) is 0 Å². The van der Waals surface area contributed by atoms with Crippen LogP contribution in [-0.2, 0) is 11.3 Å². The van der Waals surface area contributed by atoms with Crippen molar-refractivity contribution < 1.29 is 14.1 Å². The molecule has 1 fully saturated rings. The van der Waals surface area contributed by atoms with E-state index in [4.69, 9.17) is 9.26 Å². The highest BCUT2D eigenvalue weighted by atomic mass is 16.5. The Bertz CT molecular complexity index is 782. The number of nitrogens with zero attached hydrogens (tertiary/aromatic N) is 3. The number of hydrogen-bond donors (Lipinski definition) is 1. The average molecular weight is 332 g/mol. The molecule has 1 atom stereocenters. The highest BCUT2D eigenvalue weighted by molar-refractivity contribution is 5.93. The van der Waals surface area contributed by atoms with E-state index in [0.717, 1.165) is 18.5 Å². The molecule has 1 N–H and O–H groups in total. The zero-order valence-corrected chi connectivity index (χ0v) is 13.7. The molecule has 0 aliphatic carbocycles. The van der Waals surface area contributed by atoms with Crippen LogP contribution in [0, 0.1) is 6.92 Å². The summed E-state index contributed by atoms with van der Waals surface area (Å²) in [7, 11) is 1.57. The molecule has 0 unspecified atom stereocenters. The minimum atomic E-state index is -0.370. The molecular formula is C16H20N4O4. The van der Waals surface area contributed by atoms with E-state index < -0.39 is 0 Å². The third kappa shape index (κ3) is 3.23. The summed E-state index contributed by atoms with van der Waals surface area (Å²) in [5.41, 5.74) is 1.42. The molecule has 2 aromatic heterocycles. The zero-order valence-electron chi connectivity index (χ0n) is 13.7.